The molecule has 1 amide bonds. The monoisotopic (exact) mass is 238 g/mol. The first-order valence-electron chi connectivity index (χ1n) is 4.59. The zero-order valence-electron chi connectivity index (χ0n) is 8.33. The molecule has 0 atom stereocenters. The molecule has 0 aromatic carbocycles. The van der Waals surface area contributed by atoms with Gasteiger partial charge in [0.25, 0.3) is 5.91 Å². The fraction of sp³-hybridized carbons (Fsp3) is 0.250. The molecule has 0 aliphatic carbocycles. The summed E-state index contributed by atoms with van der Waals surface area (Å²) in [4.78, 5) is 12.0. The standard InChI is InChI=1S/C8H10N6OS/c9-6-3-12-14(5-6)2-1-10-8(15)7-4-11-13-16-7/h3-5H,1-2,9H2,(H,10,15). The van der Waals surface area contributed by atoms with Gasteiger partial charge < -0.3 is 11.1 Å². The van der Waals surface area contributed by atoms with E-state index >= 15 is 0 Å². The number of hydrogen-bond donors (Lipinski definition) is 2. The molecule has 16 heavy (non-hydrogen) atoms. The number of hydrogen-bond acceptors (Lipinski definition) is 6. The van der Waals surface area contributed by atoms with E-state index in [2.05, 4.69) is 20.0 Å². The molecular formula is C8H10N6OS. The lowest BCUT2D eigenvalue weighted by molar-refractivity contribution is 0.0956. The van der Waals surface area contributed by atoms with E-state index in [0.717, 1.165) is 11.5 Å². The third-order valence-electron chi connectivity index (χ3n) is 1.86. The van der Waals surface area contributed by atoms with E-state index in [1.807, 2.05) is 0 Å². The second-order valence-corrected chi connectivity index (χ2v) is 3.86. The molecule has 0 radical (unpaired) electrons. The van der Waals surface area contributed by atoms with E-state index in [0.29, 0.717) is 23.7 Å². The number of amides is 1. The quantitative estimate of drug-likeness (QED) is 0.765. The van der Waals surface area contributed by atoms with Gasteiger partial charge in [0.1, 0.15) is 4.88 Å². The van der Waals surface area contributed by atoms with Crippen molar-refractivity contribution in [2.45, 2.75) is 6.54 Å². The number of nitrogens with two attached hydrogens (primary N) is 1. The first kappa shape index (κ1) is 10.6. The summed E-state index contributed by atoms with van der Waals surface area (Å²) in [5.41, 5.74) is 6.11. The summed E-state index contributed by atoms with van der Waals surface area (Å²) in [5, 5.41) is 10.3. The van der Waals surface area contributed by atoms with Crippen molar-refractivity contribution in [1.82, 2.24) is 24.7 Å². The Morgan fingerprint density at radius 3 is 3.06 bits per heavy atom. The minimum atomic E-state index is -0.171. The molecule has 7 nitrogen and oxygen atoms in total. The van der Waals surface area contributed by atoms with Crippen LogP contribution in [0.15, 0.2) is 18.6 Å². The van der Waals surface area contributed by atoms with Gasteiger partial charge in [-0.2, -0.15) is 5.10 Å². The number of nitrogens with one attached hydrogen (secondary N) is 1. The predicted octanol–water partition coefficient (Wildman–Crippen LogP) is -0.253. The zero-order valence-corrected chi connectivity index (χ0v) is 9.15. The number of anilines is 1. The topological polar surface area (TPSA) is 98.7 Å². The lowest BCUT2D eigenvalue weighted by atomic mass is 10.5. The Hall–Kier alpha value is -1.96. The number of aromatic nitrogens is 4. The molecule has 0 bridgehead atoms. The van der Waals surface area contributed by atoms with Crippen molar-refractivity contribution in [3.63, 3.8) is 0 Å². The lowest BCUT2D eigenvalue weighted by Gasteiger charge is -2.02. The third-order valence-corrected chi connectivity index (χ3v) is 2.53. The normalized spacial score (nSPS) is 10.2. The van der Waals surface area contributed by atoms with Crippen LogP contribution >= 0.6 is 11.5 Å². The summed E-state index contributed by atoms with van der Waals surface area (Å²) < 4.78 is 5.28. The highest BCUT2D eigenvalue weighted by Crippen LogP contribution is 2.01. The third kappa shape index (κ3) is 2.54. The van der Waals surface area contributed by atoms with Crippen LogP contribution in [0.25, 0.3) is 0 Å². The SMILES string of the molecule is Nc1cnn(CCNC(=O)c2cnns2)c1. The Morgan fingerprint density at radius 2 is 2.44 bits per heavy atom. The lowest BCUT2D eigenvalue weighted by Crippen LogP contribution is -2.26. The van der Waals surface area contributed by atoms with Gasteiger partial charge in [-0.25, -0.2) is 0 Å². The fourth-order valence-electron chi connectivity index (χ4n) is 1.14. The average Bonchev–Trinajstić information content (AvgIpc) is 2.89. The second-order valence-electron chi connectivity index (χ2n) is 3.07. The molecule has 2 aromatic rings. The molecule has 0 spiro atoms. The van der Waals surface area contributed by atoms with Crippen LogP contribution in [0.1, 0.15) is 9.67 Å². The maximum Gasteiger partial charge on any atom is 0.264 e. The van der Waals surface area contributed by atoms with Gasteiger partial charge in [0.15, 0.2) is 0 Å². The van der Waals surface area contributed by atoms with E-state index in [1.54, 1.807) is 17.1 Å². The summed E-state index contributed by atoms with van der Waals surface area (Å²) in [5.74, 6) is -0.171. The van der Waals surface area contributed by atoms with Crippen molar-refractivity contribution in [2.24, 2.45) is 0 Å². The Labute approximate surface area is 95.4 Å². The van der Waals surface area contributed by atoms with Crippen LogP contribution in [0, 0.1) is 0 Å². The number of carbonyl (C=O) groups excluding carboxylic acids is 1. The summed E-state index contributed by atoms with van der Waals surface area (Å²) in [6.45, 7) is 1.06. The Balaban J connectivity index is 1.78. The number of nitrogens with zero attached hydrogens (tertiary/aromatic N) is 4. The van der Waals surface area contributed by atoms with Crippen molar-refractivity contribution in [2.75, 3.05) is 12.3 Å². The number of rotatable bonds is 4. The molecule has 0 aliphatic rings. The largest absolute Gasteiger partial charge is 0.396 e. The van der Waals surface area contributed by atoms with Crippen LogP contribution in [-0.4, -0.2) is 31.8 Å². The molecule has 0 fully saturated rings. The molecule has 2 aromatic heterocycles. The highest BCUT2D eigenvalue weighted by atomic mass is 32.1. The Kier molecular flexibility index (Phi) is 3.10. The van der Waals surface area contributed by atoms with E-state index < -0.39 is 0 Å². The van der Waals surface area contributed by atoms with E-state index in [4.69, 9.17) is 5.73 Å². The van der Waals surface area contributed by atoms with Gasteiger partial charge in [0.05, 0.1) is 24.6 Å². The molecular weight excluding hydrogens is 228 g/mol. The van der Waals surface area contributed by atoms with Gasteiger partial charge in [-0.15, -0.1) is 5.10 Å². The second kappa shape index (κ2) is 4.71. The van der Waals surface area contributed by atoms with E-state index in [-0.39, 0.29) is 5.91 Å². The van der Waals surface area contributed by atoms with Gasteiger partial charge in [0.2, 0.25) is 0 Å². The van der Waals surface area contributed by atoms with Crippen LogP contribution < -0.4 is 11.1 Å². The van der Waals surface area contributed by atoms with Gasteiger partial charge in [0, 0.05) is 12.7 Å². The van der Waals surface area contributed by atoms with Gasteiger partial charge in [-0.05, 0) is 11.5 Å². The molecule has 8 heteroatoms. The highest BCUT2D eigenvalue weighted by molar-refractivity contribution is 7.07. The maximum absolute atomic E-state index is 11.5. The minimum Gasteiger partial charge on any atom is -0.396 e. The van der Waals surface area contributed by atoms with Crippen molar-refractivity contribution >= 4 is 23.1 Å². The van der Waals surface area contributed by atoms with Crippen molar-refractivity contribution < 1.29 is 4.79 Å². The first-order valence-corrected chi connectivity index (χ1v) is 5.36. The van der Waals surface area contributed by atoms with E-state index in [1.165, 1.54) is 6.20 Å². The first-order chi connectivity index (χ1) is 7.75. The van der Waals surface area contributed by atoms with Crippen LogP contribution in [0.4, 0.5) is 5.69 Å². The van der Waals surface area contributed by atoms with Crippen LogP contribution in [0.2, 0.25) is 0 Å². The summed E-state index contributed by atoms with van der Waals surface area (Å²) in [6.07, 6.45) is 4.71. The van der Waals surface area contributed by atoms with Crippen LogP contribution in [0.3, 0.4) is 0 Å². The fourth-order valence-corrected chi connectivity index (χ4v) is 1.57. The molecule has 84 valence electrons. The average molecular weight is 238 g/mol. The molecule has 0 aliphatic heterocycles. The molecule has 0 saturated heterocycles. The smallest absolute Gasteiger partial charge is 0.264 e. The molecule has 0 unspecified atom stereocenters. The summed E-state index contributed by atoms with van der Waals surface area (Å²) in [7, 11) is 0. The van der Waals surface area contributed by atoms with Gasteiger partial charge in [-0.3, -0.25) is 9.48 Å². The number of nitrogen functional groups attached to an aromatic ring is 1. The summed E-state index contributed by atoms with van der Waals surface area (Å²) in [6, 6.07) is 0. The van der Waals surface area contributed by atoms with E-state index in [9.17, 15) is 4.79 Å². The van der Waals surface area contributed by atoms with Crippen LogP contribution in [0.5, 0.6) is 0 Å². The predicted molar refractivity (Wildman–Crippen MR) is 58.9 cm³/mol. The van der Waals surface area contributed by atoms with Gasteiger partial charge in [-0.1, -0.05) is 4.49 Å². The van der Waals surface area contributed by atoms with Crippen molar-refractivity contribution in [3.8, 4) is 0 Å². The summed E-state index contributed by atoms with van der Waals surface area (Å²) >= 11 is 1.07. The van der Waals surface area contributed by atoms with Crippen molar-refractivity contribution in [1.29, 1.82) is 0 Å². The molecule has 0 saturated carbocycles. The zero-order chi connectivity index (χ0) is 11.4. The Bertz CT molecular complexity index is 465. The highest BCUT2D eigenvalue weighted by Gasteiger charge is 2.06. The Morgan fingerprint density at radius 1 is 1.56 bits per heavy atom. The molecule has 3 N–H and O–H groups in total. The van der Waals surface area contributed by atoms with Crippen molar-refractivity contribution in [3.05, 3.63) is 23.5 Å². The van der Waals surface area contributed by atoms with Crippen LogP contribution in [-0.2, 0) is 6.54 Å². The maximum atomic E-state index is 11.5. The molecule has 2 heterocycles. The van der Waals surface area contributed by atoms with Gasteiger partial charge >= 0.3 is 0 Å². The minimum absolute atomic E-state index is 0.171. The molecule has 2 rings (SSSR count). The number of carbonyl (C=O) groups is 1.